The predicted molar refractivity (Wildman–Crippen MR) is 91.8 cm³/mol. The Labute approximate surface area is 145 Å². The quantitative estimate of drug-likeness (QED) is 0.683. The van der Waals surface area contributed by atoms with Gasteiger partial charge in [0.2, 0.25) is 0 Å². The summed E-state index contributed by atoms with van der Waals surface area (Å²) in [5.41, 5.74) is 0. The number of piperidine rings is 1. The first-order valence-electron chi connectivity index (χ1n) is 8.82. The molecule has 3 fully saturated rings. The smallest absolute Gasteiger partial charge is 0.195 e. The van der Waals surface area contributed by atoms with Crippen LogP contribution in [-0.2, 0) is 20.4 Å². The largest absolute Gasteiger partial charge is 0.282 e. The maximum absolute atomic E-state index is 12.8. The lowest BCUT2D eigenvalue weighted by molar-refractivity contribution is 0.223. The summed E-state index contributed by atoms with van der Waals surface area (Å²) < 4.78 is 56.6. The van der Waals surface area contributed by atoms with Gasteiger partial charge in [-0.1, -0.05) is 6.92 Å². The second-order valence-electron chi connectivity index (χ2n) is 7.03. The molecule has 0 unspecified atom stereocenters. The van der Waals surface area contributed by atoms with E-state index in [9.17, 15) is 16.8 Å². The molecule has 0 amide bonds. The Kier molecular flexibility index (Phi) is 5.53. The van der Waals surface area contributed by atoms with Crippen molar-refractivity contribution >= 4 is 20.4 Å². The van der Waals surface area contributed by atoms with Crippen molar-refractivity contribution in [2.24, 2.45) is 5.92 Å². The third-order valence-corrected chi connectivity index (χ3v) is 9.22. The number of nitrogens with zero attached hydrogens (tertiary/aromatic N) is 4. The Bertz CT molecular complexity index is 638. The molecule has 0 saturated carbocycles. The topological polar surface area (TPSA) is 81.2 Å². The van der Waals surface area contributed by atoms with Crippen LogP contribution in [0.2, 0.25) is 0 Å². The molecule has 3 rings (SSSR count). The average molecular weight is 381 g/mol. The zero-order valence-corrected chi connectivity index (χ0v) is 15.9. The highest BCUT2D eigenvalue weighted by molar-refractivity contribution is 7.87. The normalized spacial score (nSPS) is 30.0. The van der Waals surface area contributed by atoms with E-state index in [-0.39, 0.29) is 26.2 Å². The van der Waals surface area contributed by atoms with Crippen LogP contribution in [0.5, 0.6) is 0 Å². The summed E-state index contributed by atoms with van der Waals surface area (Å²) in [5.74, 6) is 0.380. The van der Waals surface area contributed by atoms with E-state index in [4.69, 9.17) is 0 Å². The van der Waals surface area contributed by atoms with Crippen molar-refractivity contribution in [2.45, 2.75) is 32.6 Å². The molecule has 0 N–H and O–H groups in total. The van der Waals surface area contributed by atoms with E-state index in [2.05, 4.69) is 6.92 Å². The zero-order chi connectivity index (χ0) is 17.4. The molecular weight excluding hydrogens is 352 g/mol. The van der Waals surface area contributed by atoms with Gasteiger partial charge in [-0.2, -0.15) is 34.1 Å². The molecule has 1 atom stereocenters. The summed E-state index contributed by atoms with van der Waals surface area (Å²) >= 11 is 0. The van der Waals surface area contributed by atoms with Crippen molar-refractivity contribution in [1.82, 2.24) is 17.2 Å². The van der Waals surface area contributed by atoms with Crippen LogP contribution in [0, 0.1) is 5.92 Å². The van der Waals surface area contributed by atoms with Crippen LogP contribution < -0.4 is 0 Å². The summed E-state index contributed by atoms with van der Waals surface area (Å²) in [7, 11) is -6.91. The van der Waals surface area contributed by atoms with Crippen LogP contribution in [0.1, 0.15) is 32.6 Å². The monoisotopic (exact) mass is 380 g/mol. The van der Waals surface area contributed by atoms with Crippen molar-refractivity contribution < 1.29 is 16.8 Å². The molecule has 0 aromatic heterocycles. The Morgan fingerprint density at radius 1 is 0.625 bits per heavy atom. The predicted octanol–water partition coefficient (Wildman–Crippen LogP) is -0.0787. The molecule has 3 heterocycles. The molecule has 0 bridgehead atoms. The maximum Gasteiger partial charge on any atom is 0.282 e. The van der Waals surface area contributed by atoms with E-state index >= 15 is 0 Å². The average Bonchev–Trinajstić information content (AvgIpc) is 3.10. The van der Waals surface area contributed by atoms with E-state index in [1.54, 1.807) is 4.31 Å². The maximum atomic E-state index is 12.8. The highest BCUT2D eigenvalue weighted by Gasteiger charge is 2.38. The molecule has 0 spiro atoms. The van der Waals surface area contributed by atoms with Gasteiger partial charge >= 0.3 is 0 Å². The van der Waals surface area contributed by atoms with Crippen LogP contribution in [0.3, 0.4) is 0 Å². The molecule has 24 heavy (non-hydrogen) atoms. The van der Waals surface area contributed by atoms with E-state index in [0.29, 0.717) is 32.1 Å². The Morgan fingerprint density at radius 3 is 1.54 bits per heavy atom. The van der Waals surface area contributed by atoms with Gasteiger partial charge in [-0.3, -0.25) is 0 Å². The minimum atomic E-state index is -3.47. The Balaban J connectivity index is 1.62. The van der Waals surface area contributed by atoms with Crippen LogP contribution in [0.4, 0.5) is 0 Å². The fourth-order valence-corrected chi connectivity index (χ4v) is 7.16. The first kappa shape index (κ1) is 18.5. The van der Waals surface area contributed by atoms with Crippen LogP contribution in [-0.4, -0.2) is 86.4 Å². The number of piperazine rings is 1. The molecule has 0 aromatic rings. The molecule has 0 aromatic carbocycles. The van der Waals surface area contributed by atoms with Gasteiger partial charge in [0.25, 0.3) is 20.4 Å². The van der Waals surface area contributed by atoms with Crippen molar-refractivity contribution in [3.63, 3.8) is 0 Å². The fraction of sp³-hybridized carbons (Fsp3) is 1.00. The number of hydrogen-bond donors (Lipinski definition) is 0. The van der Waals surface area contributed by atoms with E-state index in [1.165, 1.54) is 12.9 Å². The Hall–Kier alpha value is -0.260. The number of hydrogen-bond acceptors (Lipinski definition) is 4. The van der Waals surface area contributed by atoms with Crippen molar-refractivity contribution in [3.05, 3.63) is 0 Å². The standard InChI is InChI=1S/C14H28N4O4S2/c1-14-5-4-8-18(13-14)24(21,22)17-11-9-16(10-12-17)23(19,20)15-6-2-3-7-15/h14H,2-13H2,1H3/t14-/m0/s1. The summed E-state index contributed by atoms with van der Waals surface area (Å²) in [6.45, 7) is 5.30. The van der Waals surface area contributed by atoms with Crippen LogP contribution in [0.25, 0.3) is 0 Å². The molecule has 3 aliphatic rings. The van der Waals surface area contributed by atoms with Gasteiger partial charge in [-0.15, -0.1) is 0 Å². The first-order chi connectivity index (χ1) is 11.3. The Morgan fingerprint density at radius 2 is 1.04 bits per heavy atom. The van der Waals surface area contributed by atoms with Crippen molar-refractivity contribution in [1.29, 1.82) is 0 Å². The van der Waals surface area contributed by atoms with Gasteiger partial charge in [-0.05, 0) is 31.6 Å². The van der Waals surface area contributed by atoms with Crippen molar-refractivity contribution in [2.75, 3.05) is 52.4 Å². The molecule has 140 valence electrons. The lowest BCUT2D eigenvalue weighted by Crippen LogP contribution is -2.57. The van der Waals surface area contributed by atoms with Gasteiger partial charge in [-0.25, -0.2) is 0 Å². The fourth-order valence-electron chi connectivity index (χ4n) is 3.73. The molecule has 0 radical (unpaired) electrons. The van der Waals surface area contributed by atoms with Gasteiger partial charge in [0.05, 0.1) is 0 Å². The van der Waals surface area contributed by atoms with Crippen LogP contribution >= 0.6 is 0 Å². The third kappa shape index (κ3) is 3.63. The molecule has 10 heteroatoms. The summed E-state index contributed by atoms with van der Waals surface area (Å²) in [6, 6.07) is 0. The summed E-state index contributed by atoms with van der Waals surface area (Å²) in [5, 5.41) is 0. The van der Waals surface area contributed by atoms with E-state index in [0.717, 1.165) is 25.7 Å². The molecule has 0 aliphatic carbocycles. The minimum absolute atomic E-state index is 0.236. The van der Waals surface area contributed by atoms with Gasteiger partial charge < -0.3 is 0 Å². The SMILES string of the molecule is C[C@H]1CCCN(S(=O)(=O)N2CCN(S(=O)(=O)N3CCCC3)CC2)C1. The highest BCUT2D eigenvalue weighted by Crippen LogP contribution is 2.23. The van der Waals surface area contributed by atoms with Crippen LogP contribution in [0.15, 0.2) is 0 Å². The lowest BCUT2D eigenvalue weighted by atomic mass is 10.0. The summed E-state index contributed by atoms with van der Waals surface area (Å²) in [6.07, 6.45) is 3.76. The molecule has 3 aliphatic heterocycles. The zero-order valence-electron chi connectivity index (χ0n) is 14.3. The highest BCUT2D eigenvalue weighted by atomic mass is 32.2. The molecule has 3 saturated heterocycles. The third-order valence-electron chi connectivity index (χ3n) is 5.19. The molecule has 8 nitrogen and oxygen atoms in total. The molecular formula is C14H28N4O4S2. The van der Waals surface area contributed by atoms with Gasteiger partial charge in [0, 0.05) is 52.4 Å². The van der Waals surface area contributed by atoms with Gasteiger partial charge in [0.15, 0.2) is 0 Å². The second kappa shape index (κ2) is 7.16. The van der Waals surface area contributed by atoms with E-state index < -0.39 is 20.4 Å². The van der Waals surface area contributed by atoms with E-state index in [1.807, 2.05) is 0 Å². The number of rotatable bonds is 4. The minimum Gasteiger partial charge on any atom is -0.195 e. The van der Waals surface area contributed by atoms with Gasteiger partial charge in [0.1, 0.15) is 0 Å². The van der Waals surface area contributed by atoms with Crippen molar-refractivity contribution in [3.8, 4) is 0 Å². The lowest BCUT2D eigenvalue weighted by Gasteiger charge is -2.39. The first-order valence-corrected chi connectivity index (χ1v) is 11.6. The summed E-state index contributed by atoms with van der Waals surface area (Å²) in [4.78, 5) is 0. The second-order valence-corrected chi connectivity index (χ2v) is 10.9.